The highest BCUT2D eigenvalue weighted by molar-refractivity contribution is 7.52. The molecule has 0 heterocycles. The number of benzene rings is 4. The number of rotatable bonds is 11. The van der Waals surface area contributed by atoms with Gasteiger partial charge >= 0.3 is 0 Å². The van der Waals surface area contributed by atoms with Crippen molar-refractivity contribution in [3.63, 3.8) is 0 Å². The molecular formula is C32H36O2Si2. The van der Waals surface area contributed by atoms with Crippen LogP contribution in [-0.2, 0) is 15.8 Å². The summed E-state index contributed by atoms with van der Waals surface area (Å²) in [7, 11) is -4.80. The van der Waals surface area contributed by atoms with Gasteiger partial charge in [-0.3, -0.25) is 0 Å². The lowest BCUT2D eigenvalue weighted by Gasteiger charge is -2.45. The molecule has 4 aromatic carbocycles. The second-order valence-corrected chi connectivity index (χ2v) is 22.1. The fourth-order valence-corrected chi connectivity index (χ4v) is 19.2. The van der Waals surface area contributed by atoms with Gasteiger partial charge in [-0.1, -0.05) is 152 Å². The van der Waals surface area contributed by atoms with E-state index in [2.05, 4.69) is 135 Å². The lowest BCUT2D eigenvalue weighted by molar-refractivity contribution is 0.148. The van der Waals surface area contributed by atoms with Crippen LogP contribution < -0.4 is 15.6 Å². The molecule has 0 bridgehead atoms. The molecule has 0 spiro atoms. The Balaban J connectivity index is 1.66. The highest BCUT2D eigenvalue weighted by Crippen LogP contribution is 2.24. The van der Waals surface area contributed by atoms with Crippen LogP contribution in [0.3, 0.4) is 0 Å². The van der Waals surface area contributed by atoms with Gasteiger partial charge in [-0.05, 0) is 22.9 Å². The van der Waals surface area contributed by atoms with Gasteiger partial charge in [-0.15, -0.1) is 0 Å². The van der Waals surface area contributed by atoms with Crippen molar-refractivity contribution >= 4 is 31.0 Å². The first-order valence-electron chi connectivity index (χ1n) is 12.7. The van der Waals surface area contributed by atoms with Gasteiger partial charge < -0.3 is 9.16 Å². The first-order chi connectivity index (χ1) is 17.5. The summed E-state index contributed by atoms with van der Waals surface area (Å²) in [4.78, 5) is 0. The maximum absolute atomic E-state index is 7.35. The van der Waals surface area contributed by atoms with Gasteiger partial charge in [-0.2, -0.15) is 0 Å². The predicted octanol–water partition coefficient (Wildman–Crippen LogP) is 5.62. The van der Waals surface area contributed by atoms with E-state index in [0.29, 0.717) is 13.2 Å². The molecule has 4 rings (SSSR count). The minimum absolute atomic E-state index is 0.0482. The standard InChI is InChI=1S/C32H36O2Si2/c1-28(17-16-26-33-27-29-18-8-4-9-19-29)34-36(31-22-12-6-13-23-31,32-24-14-7-15-25-32)35(2,3)30-20-10-5-11-21-30/h4-25,28H,26-27H2,1-3H3/b17-16+/t28-/m1/s1. The van der Waals surface area contributed by atoms with E-state index in [9.17, 15) is 0 Å². The van der Waals surface area contributed by atoms with Crippen LogP contribution in [0.2, 0.25) is 13.1 Å². The Bertz CT molecular complexity index is 1170. The molecule has 36 heavy (non-hydrogen) atoms. The van der Waals surface area contributed by atoms with Gasteiger partial charge in [-0.25, -0.2) is 0 Å². The lowest BCUT2D eigenvalue weighted by atomic mass is 10.2. The van der Waals surface area contributed by atoms with Crippen molar-refractivity contribution < 1.29 is 9.16 Å². The third-order valence-corrected chi connectivity index (χ3v) is 21.6. The summed E-state index contributed by atoms with van der Waals surface area (Å²) >= 11 is 0. The molecule has 2 nitrogen and oxygen atoms in total. The molecule has 1 atom stereocenters. The zero-order valence-electron chi connectivity index (χ0n) is 21.5. The molecule has 0 N–H and O–H groups in total. The minimum Gasteiger partial charge on any atom is -0.404 e. The van der Waals surface area contributed by atoms with Gasteiger partial charge in [0, 0.05) is 0 Å². The highest BCUT2D eigenvalue weighted by Gasteiger charge is 2.55. The molecule has 0 saturated carbocycles. The molecular weight excluding hydrogens is 473 g/mol. The van der Waals surface area contributed by atoms with E-state index < -0.39 is 15.4 Å². The van der Waals surface area contributed by atoms with Crippen molar-refractivity contribution in [3.05, 3.63) is 139 Å². The van der Waals surface area contributed by atoms with Gasteiger partial charge in [0.2, 0.25) is 7.83 Å². The monoisotopic (exact) mass is 508 g/mol. The number of hydrogen-bond donors (Lipinski definition) is 0. The van der Waals surface area contributed by atoms with Crippen molar-refractivity contribution in [2.24, 2.45) is 0 Å². The molecule has 0 saturated heterocycles. The van der Waals surface area contributed by atoms with Gasteiger partial charge in [0.1, 0.15) is 7.59 Å². The second kappa shape index (κ2) is 12.3. The van der Waals surface area contributed by atoms with E-state index in [1.165, 1.54) is 21.1 Å². The smallest absolute Gasteiger partial charge is 0.246 e. The van der Waals surface area contributed by atoms with Crippen LogP contribution in [0.5, 0.6) is 0 Å². The lowest BCUT2D eigenvalue weighted by Crippen LogP contribution is -2.80. The molecule has 0 fully saturated rings. The molecule has 0 aromatic heterocycles. The van der Waals surface area contributed by atoms with Crippen LogP contribution >= 0.6 is 0 Å². The first-order valence-corrected chi connectivity index (χ1v) is 18.6. The summed E-state index contributed by atoms with van der Waals surface area (Å²) in [5.74, 6) is 0. The molecule has 0 aliphatic rings. The van der Waals surface area contributed by atoms with Crippen molar-refractivity contribution in [1.29, 1.82) is 0 Å². The topological polar surface area (TPSA) is 18.5 Å². The van der Waals surface area contributed by atoms with Gasteiger partial charge in [0.05, 0.1) is 19.3 Å². The summed E-state index contributed by atoms with van der Waals surface area (Å²) in [5, 5.41) is 4.08. The maximum atomic E-state index is 7.35. The van der Waals surface area contributed by atoms with Crippen LogP contribution in [0.25, 0.3) is 0 Å². The fourth-order valence-electron chi connectivity index (χ4n) is 4.96. The Morgan fingerprint density at radius 1 is 0.639 bits per heavy atom. The number of hydrogen-bond acceptors (Lipinski definition) is 2. The van der Waals surface area contributed by atoms with Crippen LogP contribution in [0.1, 0.15) is 12.5 Å². The zero-order chi connectivity index (χ0) is 25.3. The van der Waals surface area contributed by atoms with E-state index in [4.69, 9.17) is 9.16 Å². The summed E-state index contributed by atoms with van der Waals surface area (Å²) in [5.41, 5.74) is 1.19. The van der Waals surface area contributed by atoms with Gasteiger partial charge in [0.15, 0.2) is 0 Å². The quantitative estimate of drug-likeness (QED) is 0.149. The summed E-state index contributed by atoms with van der Waals surface area (Å²) in [6.07, 6.45) is 4.21. The van der Waals surface area contributed by atoms with Crippen LogP contribution in [0, 0.1) is 0 Å². The minimum atomic E-state index is -2.65. The fraction of sp³-hybridized carbons (Fsp3) is 0.188. The Morgan fingerprint density at radius 3 is 1.58 bits per heavy atom. The Kier molecular flexibility index (Phi) is 8.89. The van der Waals surface area contributed by atoms with Crippen LogP contribution in [0.15, 0.2) is 133 Å². The molecule has 0 radical (unpaired) electrons. The van der Waals surface area contributed by atoms with Crippen molar-refractivity contribution in [3.8, 4) is 0 Å². The molecule has 0 unspecified atom stereocenters. The molecule has 0 aliphatic carbocycles. The van der Waals surface area contributed by atoms with E-state index >= 15 is 0 Å². The van der Waals surface area contributed by atoms with E-state index in [-0.39, 0.29) is 6.10 Å². The highest BCUT2D eigenvalue weighted by atomic mass is 29.3. The third kappa shape index (κ3) is 5.85. The molecule has 4 heteroatoms. The van der Waals surface area contributed by atoms with E-state index in [1.54, 1.807) is 0 Å². The summed E-state index contributed by atoms with van der Waals surface area (Å²) in [6.45, 7) is 8.30. The first kappa shape index (κ1) is 26.0. The van der Waals surface area contributed by atoms with E-state index in [1.807, 2.05) is 18.2 Å². The maximum Gasteiger partial charge on any atom is 0.246 e. The average Bonchev–Trinajstić information content (AvgIpc) is 2.93. The van der Waals surface area contributed by atoms with Crippen LogP contribution in [-0.4, -0.2) is 28.1 Å². The van der Waals surface area contributed by atoms with E-state index in [0.717, 1.165) is 0 Å². The largest absolute Gasteiger partial charge is 0.404 e. The van der Waals surface area contributed by atoms with Gasteiger partial charge in [0.25, 0.3) is 0 Å². The molecule has 4 aromatic rings. The Labute approximate surface area is 218 Å². The average molecular weight is 509 g/mol. The summed E-state index contributed by atoms with van der Waals surface area (Å²) in [6, 6.07) is 43.2. The molecule has 0 amide bonds. The zero-order valence-corrected chi connectivity index (χ0v) is 23.5. The summed E-state index contributed by atoms with van der Waals surface area (Å²) < 4.78 is 13.2. The molecule has 0 aliphatic heterocycles. The Hall–Kier alpha value is -3.03. The van der Waals surface area contributed by atoms with Crippen molar-refractivity contribution in [2.75, 3.05) is 6.61 Å². The molecule has 184 valence electrons. The second-order valence-electron chi connectivity index (χ2n) is 9.66. The van der Waals surface area contributed by atoms with Crippen molar-refractivity contribution in [1.82, 2.24) is 0 Å². The van der Waals surface area contributed by atoms with Crippen LogP contribution in [0.4, 0.5) is 0 Å². The Morgan fingerprint density at radius 2 is 1.08 bits per heavy atom. The normalized spacial score (nSPS) is 13.1. The number of ether oxygens (including phenoxy) is 1. The third-order valence-electron chi connectivity index (χ3n) is 6.83. The predicted molar refractivity (Wildman–Crippen MR) is 157 cm³/mol. The SMILES string of the molecule is C[C@H](/C=C/COCc1ccccc1)O[Si](c1ccccc1)(c1ccccc1)[Si](C)(C)c1ccccc1. The van der Waals surface area contributed by atoms with Crippen molar-refractivity contribution in [2.45, 2.75) is 32.7 Å².